The summed E-state index contributed by atoms with van der Waals surface area (Å²) in [5.41, 5.74) is 0. The van der Waals surface area contributed by atoms with Crippen molar-refractivity contribution in [1.29, 1.82) is 0 Å². The van der Waals surface area contributed by atoms with E-state index in [1.54, 1.807) is 14.0 Å². The van der Waals surface area contributed by atoms with Crippen LogP contribution in [0.1, 0.15) is 26.7 Å². The van der Waals surface area contributed by atoms with Crippen molar-refractivity contribution in [2.45, 2.75) is 38.8 Å². The summed E-state index contributed by atoms with van der Waals surface area (Å²) in [4.78, 5) is 24.0. The van der Waals surface area contributed by atoms with Crippen molar-refractivity contribution in [2.75, 3.05) is 20.2 Å². The van der Waals surface area contributed by atoms with Crippen LogP contribution in [-0.2, 0) is 9.53 Å². The maximum Gasteiger partial charge on any atom is 0.317 e. The third-order valence-corrected chi connectivity index (χ3v) is 3.24. The second-order valence-electron chi connectivity index (χ2n) is 4.78. The number of ether oxygens (including phenoxy) is 1. The van der Waals surface area contributed by atoms with Gasteiger partial charge in [0.2, 0.25) is 0 Å². The van der Waals surface area contributed by atoms with E-state index >= 15 is 0 Å². The largest absolute Gasteiger partial charge is 0.481 e. The van der Waals surface area contributed by atoms with Crippen LogP contribution in [0.2, 0.25) is 0 Å². The summed E-state index contributed by atoms with van der Waals surface area (Å²) in [6.07, 6.45) is 1.74. The number of carbonyl (C=O) groups excluding carboxylic acids is 1. The Bertz CT molecular complexity index is 308. The minimum absolute atomic E-state index is 0.0325. The molecule has 0 radical (unpaired) electrons. The molecule has 1 aliphatic heterocycles. The highest BCUT2D eigenvalue weighted by atomic mass is 16.5. The molecule has 2 N–H and O–H groups in total. The van der Waals surface area contributed by atoms with Gasteiger partial charge in [-0.3, -0.25) is 4.79 Å². The van der Waals surface area contributed by atoms with Crippen molar-refractivity contribution < 1.29 is 19.4 Å². The number of urea groups is 1. The Morgan fingerprint density at radius 3 is 2.78 bits per heavy atom. The van der Waals surface area contributed by atoms with Gasteiger partial charge in [-0.1, -0.05) is 13.8 Å². The highest BCUT2D eigenvalue weighted by Crippen LogP contribution is 2.16. The molecule has 1 heterocycles. The summed E-state index contributed by atoms with van der Waals surface area (Å²) < 4.78 is 5.49. The van der Waals surface area contributed by atoms with Crippen LogP contribution in [-0.4, -0.2) is 54.4 Å². The van der Waals surface area contributed by atoms with E-state index in [2.05, 4.69) is 5.32 Å². The molecule has 1 unspecified atom stereocenters. The van der Waals surface area contributed by atoms with Crippen molar-refractivity contribution in [3.05, 3.63) is 0 Å². The molecule has 1 rings (SSSR count). The summed E-state index contributed by atoms with van der Waals surface area (Å²) in [6, 6.07) is -0.206. The fraction of sp³-hybridized carbons (Fsp3) is 0.833. The molecule has 1 saturated heterocycles. The van der Waals surface area contributed by atoms with Crippen LogP contribution in [0.3, 0.4) is 0 Å². The van der Waals surface area contributed by atoms with Gasteiger partial charge in [-0.05, 0) is 12.8 Å². The standard InChI is InChI=1S/C12H22N2O4/c1-4-10-9(5-6-18-10)13-12(17)14(3)7-8(2)11(15)16/h8-10H,4-7H2,1-3H3,(H,13,17)(H,15,16)/t8?,9-,10+/m1/s1. The number of amides is 2. The molecule has 104 valence electrons. The van der Waals surface area contributed by atoms with E-state index in [-0.39, 0.29) is 24.7 Å². The van der Waals surface area contributed by atoms with E-state index in [4.69, 9.17) is 9.84 Å². The van der Waals surface area contributed by atoms with Crippen molar-refractivity contribution in [2.24, 2.45) is 5.92 Å². The predicted octanol–water partition coefficient (Wildman–Crippen LogP) is 0.916. The number of rotatable bonds is 5. The number of carboxylic acids is 1. The minimum Gasteiger partial charge on any atom is -0.481 e. The molecular weight excluding hydrogens is 236 g/mol. The fourth-order valence-electron chi connectivity index (χ4n) is 2.06. The zero-order valence-corrected chi connectivity index (χ0v) is 11.2. The molecule has 6 heteroatoms. The van der Waals surface area contributed by atoms with Crippen molar-refractivity contribution in [3.8, 4) is 0 Å². The van der Waals surface area contributed by atoms with E-state index in [9.17, 15) is 9.59 Å². The smallest absolute Gasteiger partial charge is 0.317 e. The lowest BCUT2D eigenvalue weighted by molar-refractivity contribution is -0.141. The second-order valence-corrected chi connectivity index (χ2v) is 4.78. The highest BCUT2D eigenvalue weighted by Gasteiger charge is 2.29. The van der Waals surface area contributed by atoms with Crippen LogP contribution < -0.4 is 5.32 Å². The molecule has 18 heavy (non-hydrogen) atoms. The van der Waals surface area contributed by atoms with Gasteiger partial charge in [0.25, 0.3) is 0 Å². The Balaban J connectivity index is 2.42. The normalized spacial score (nSPS) is 24.6. The molecule has 2 amide bonds. The van der Waals surface area contributed by atoms with Crippen molar-refractivity contribution >= 4 is 12.0 Å². The van der Waals surface area contributed by atoms with E-state index < -0.39 is 11.9 Å². The summed E-state index contributed by atoms with van der Waals surface area (Å²) in [7, 11) is 1.60. The summed E-state index contributed by atoms with van der Waals surface area (Å²) >= 11 is 0. The average molecular weight is 258 g/mol. The molecule has 0 aromatic heterocycles. The Kier molecular flexibility index (Phi) is 5.40. The van der Waals surface area contributed by atoms with Crippen molar-refractivity contribution in [1.82, 2.24) is 10.2 Å². The maximum atomic E-state index is 11.9. The van der Waals surface area contributed by atoms with Crippen LogP contribution >= 0.6 is 0 Å². The molecule has 1 fully saturated rings. The van der Waals surface area contributed by atoms with E-state index in [0.717, 1.165) is 12.8 Å². The first-order chi connectivity index (χ1) is 8.45. The molecule has 0 spiro atoms. The first-order valence-corrected chi connectivity index (χ1v) is 6.31. The Morgan fingerprint density at radius 2 is 2.22 bits per heavy atom. The number of hydrogen-bond donors (Lipinski definition) is 2. The SMILES string of the molecule is CC[C@@H]1OCC[C@H]1NC(=O)N(C)CC(C)C(=O)O. The van der Waals surface area contributed by atoms with Gasteiger partial charge >= 0.3 is 12.0 Å². The first kappa shape index (κ1) is 14.8. The van der Waals surface area contributed by atoms with Crippen LogP contribution in [0, 0.1) is 5.92 Å². The summed E-state index contributed by atoms with van der Waals surface area (Å²) in [5.74, 6) is -1.46. The number of aliphatic carboxylic acids is 1. The number of carboxylic acid groups (broad SMARTS) is 1. The summed E-state index contributed by atoms with van der Waals surface area (Å²) in [6.45, 7) is 4.47. The van der Waals surface area contributed by atoms with Gasteiger partial charge in [0.1, 0.15) is 0 Å². The van der Waals surface area contributed by atoms with Crippen LogP contribution in [0.4, 0.5) is 4.79 Å². The Morgan fingerprint density at radius 1 is 1.56 bits per heavy atom. The van der Waals surface area contributed by atoms with Gasteiger partial charge < -0.3 is 20.1 Å². The topological polar surface area (TPSA) is 78.9 Å². The lowest BCUT2D eigenvalue weighted by Gasteiger charge is -2.24. The molecular formula is C12H22N2O4. The van der Waals surface area contributed by atoms with Gasteiger partial charge in [0.05, 0.1) is 18.1 Å². The molecule has 6 nitrogen and oxygen atoms in total. The maximum absolute atomic E-state index is 11.9. The molecule has 0 aromatic rings. The van der Waals surface area contributed by atoms with E-state index in [1.807, 2.05) is 6.92 Å². The van der Waals surface area contributed by atoms with Gasteiger partial charge in [-0.2, -0.15) is 0 Å². The number of nitrogens with one attached hydrogen (secondary N) is 1. The van der Waals surface area contributed by atoms with E-state index in [1.165, 1.54) is 4.90 Å². The Hall–Kier alpha value is -1.30. The van der Waals surface area contributed by atoms with Gasteiger partial charge in [-0.15, -0.1) is 0 Å². The average Bonchev–Trinajstić information content (AvgIpc) is 2.75. The fourth-order valence-corrected chi connectivity index (χ4v) is 2.06. The van der Waals surface area contributed by atoms with Crippen molar-refractivity contribution in [3.63, 3.8) is 0 Å². The molecule has 0 saturated carbocycles. The quantitative estimate of drug-likeness (QED) is 0.768. The first-order valence-electron chi connectivity index (χ1n) is 6.31. The monoisotopic (exact) mass is 258 g/mol. The highest BCUT2D eigenvalue weighted by molar-refractivity contribution is 5.76. The molecule has 0 aliphatic carbocycles. The zero-order chi connectivity index (χ0) is 13.7. The van der Waals surface area contributed by atoms with E-state index in [0.29, 0.717) is 6.61 Å². The summed E-state index contributed by atoms with van der Waals surface area (Å²) in [5, 5.41) is 11.7. The third kappa shape index (κ3) is 3.87. The second kappa shape index (κ2) is 6.58. The van der Waals surface area contributed by atoms with Gasteiger partial charge in [-0.25, -0.2) is 4.79 Å². The van der Waals surface area contributed by atoms with Crippen LogP contribution in [0.15, 0.2) is 0 Å². The lowest BCUT2D eigenvalue weighted by Crippen LogP contribution is -2.47. The predicted molar refractivity (Wildman–Crippen MR) is 66.4 cm³/mol. The van der Waals surface area contributed by atoms with Crippen LogP contribution in [0.25, 0.3) is 0 Å². The van der Waals surface area contributed by atoms with Crippen LogP contribution in [0.5, 0.6) is 0 Å². The van der Waals surface area contributed by atoms with Gasteiger partial charge in [0, 0.05) is 20.2 Å². The number of carbonyl (C=O) groups is 2. The lowest BCUT2D eigenvalue weighted by atomic mass is 10.1. The number of nitrogens with zero attached hydrogens (tertiary/aromatic N) is 1. The molecule has 0 bridgehead atoms. The number of hydrogen-bond acceptors (Lipinski definition) is 3. The third-order valence-electron chi connectivity index (χ3n) is 3.24. The zero-order valence-electron chi connectivity index (χ0n) is 11.2. The minimum atomic E-state index is -0.898. The molecule has 1 aliphatic rings. The molecule has 3 atom stereocenters. The molecule has 0 aromatic carbocycles. The Labute approximate surface area is 107 Å². The van der Waals surface area contributed by atoms with Gasteiger partial charge in [0.15, 0.2) is 0 Å².